The van der Waals surface area contributed by atoms with Crippen molar-refractivity contribution in [2.24, 2.45) is 0 Å². The first-order valence-corrected chi connectivity index (χ1v) is 7.38. The number of thiophene rings is 1. The first-order chi connectivity index (χ1) is 10.4. The Morgan fingerprint density at radius 1 is 0.714 bits per heavy atom. The van der Waals surface area contributed by atoms with Crippen LogP contribution in [0.4, 0.5) is 0 Å². The van der Waals surface area contributed by atoms with Gasteiger partial charge in [0.1, 0.15) is 21.7 Å². The summed E-state index contributed by atoms with van der Waals surface area (Å²) in [6.45, 7) is 0. The summed E-state index contributed by atoms with van der Waals surface area (Å²) in [6, 6.07) is 13.5. The number of rotatable bonds is 2. The molecule has 0 bridgehead atoms. The van der Waals surface area contributed by atoms with E-state index in [0.29, 0.717) is 0 Å². The van der Waals surface area contributed by atoms with Crippen LogP contribution in [0.2, 0.25) is 0 Å². The number of fused-ring (bicyclic) bond motifs is 1. The molecular weight excluding hydrogens is 280 g/mol. The lowest BCUT2D eigenvalue weighted by Crippen LogP contribution is -1.96. The largest absolute Gasteiger partial charge is 0.255 e. The second-order valence-corrected chi connectivity index (χ2v) is 5.36. The lowest BCUT2D eigenvalue weighted by atomic mass is 10.1. The van der Waals surface area contributed by atoms with Gasteiger partial charge in [0.15, 0.2) is 0 Å². The maximum absolute atomic E-state index is 4.74. The topological polar surface area (TPSA) is 51.6 Å². The third-order valence-corrected chi connectivity index (χ3v) is 3.91. The van der Waals surface area contributed by atoms with Crippen molar-refractivity contribution < 1.29 is 0 Å². The van der Waals surface area contributed by atoms with E-state index in [0.717, 1.165) is 33.1 Å². The number of hydrogen-bond acceptors (Lipinski definition) is 5. The molecule has 0 saturated carbocycles. The highest BCUT2D eigenvalue weighted by Crippen LogP contribution is 2.30. The van der Waals surface area contributed by atoms with Gasteiger partial charge in [-0.05, 0) is 35.7 Å². The van der Waals surface area contributed by atoms with E-state index in [2.05, 4.69) is 9.97 Å². The summed E-state index contributed by atoms with van der Waals surface area (Å²) in [5.74, 6) is 0. The van der Waals surface area contributed by atoms with Crippen LogP contribution in [-0.2, 0) is 0 Å². The fraction of sp³-hybridized carbons (Fsp3) is 0. The molecule has 0 saturated heterocycles. The van der Waals surface area contributed by atoms with Gasteiger partial charge >= 0.3 is 0 Å². The molecule has 0 amide bonds. The molecule has 0 aliphatic carbocycles. The maximum atomic E-state index is 4.74. The number of aromatic nitrogens is 4. The van der Waals surface area contributed by atoms with E-state index in [4.69, 9.17) is 9.97 Å². The van der Waals surface area contributed by atoms with Crippen molar-refractivity contribution >= 4 is 21.7 Å². The number of nitrogens with zero attached hydrogens (tertiary/aromatic N) is 4. The molecule has 21 heavy (non-hydrogen) atoms. The Morgan fingerprint density at radius 3 is 2.00 bits per heavy atom. The highest BCUT2D eigenvalue weighted by Gasteiger charge is 2.15. The van der Waals surface area contributed by atoms with Crippen molar-refractivity contribution in [2.75, 3.05) is 0 Å². The molecule has 0 aromatic carbocycles. The van der Waals surface area contributed by atoms with E-state index < -0.39 is 0 Å². The second-order valence-electron chi connectivity index (χ2n) is 4.46. The molecule has 4 nitrogen and oxygen atoms in total. The Kier molecular flexibility index (Phi) is 2.90. The molecule has 4 aromatic rings. The fourth-order valence-corrected chi connectivity index (χ4v) is 2.86. The van der Waals surface area contributed by atoms with Crippen LogP contribution < -0.4 is 0 Å². The van der Waals surface area contributed by atoms with E-state index in [1.165, 1.54) is 0 Å². The van der Waals surface area contributed by atoms with Gasteiger partial charge in [0, 0.05) is 12.4 Å². The Morgan fingerprint density at radius 2 is 1.38 bits per heavy atom. The van der Waals surface area contributed by atoms with Gasteiger partial charge in [0.05, 0.1) is 11.4 Å². The van der Waals surface area contributed by atoms with Crippen molar-refractivity contribution in [3.63, 3.8) is 0 Å². The monoisotopic (exact) mass is 290 g/mol. The van der Waals surface area contributed by atoms with Crippen LogP contribution in [0.15, 0.2) is 60.2 Å². The number of hydrogen-bond donors (Lipinski definition) is 0. The van der Waals surface area contributed by atoms with Crippen molar-refractivity contribution in [3.05, 3.63) is 60.2 Å². The molecule has 4 heterocycles. The molecule has 0 unspecified atom stereocenters. The smallest absolute Gasteiger partial charge is 0.142 e. The van der Waals surface area contributed by atoms with E-state index in [1.807, 2.05) is 47.8 Å². The summed E-state index contributed by atoms with van der Waals surface area (Å²) in [6.07, 6.45) is 3.52. The predicted octanol–water partition coefficient (Wildman–Crippen LogP) is 3.82. The zero-order chi connectivity index (χ0) is 14.1. The van der Waals surface area contributed by atoms with Gasteiger partial charge in [-0.15, -0.1) is 11.3 Å². The van der Waals surface area contributed by atoms with Crippen LogP contribution in [0, 0.1) is 0 Å². The SMILES string of the molecule is c1ccc(-c2nc3ccsc3nc2-c2ccccn2)nc1. The van der Waals surface area contributed by atoms with Crippen molar-refractivity contribution in [3.8, 4) is 22.8 Å². The summed E-state index contributed by atoms with van der Waals surface area (Å²) in [5, 5.41) is 2.00. The molecule has 0 radical (unpaired) electrons. The Bertz CT molecular complexity index is 814. The molecule has 4 aromatic heterocycles. The molecule has 0 N–H and O–H groups in total. The zero-order valence-electron chi connectivity index (χ0n) is 11.0. The fourth-order valence-electron chi connectivity index (χ4n) is 2.15. The van der Waals surface area contributed by atoms with Crippen LogP contribution in [0.5, 0.6) is 0 Å². The highest BCUT2D eigenvalue weighted by molar-refractivity contribution is 7.16. The van der Waals surface area contributed by atoms with Crippen LogP contribution in [0.1, 0.15) is 0 Å². The minimum Gasteiger partial charge on any atom is -0.255 e. The van der Waals surface area contributed by atoms with Crippen molar-refractivity contribution in [2.45, 2.75) is 0 Å². The standard InChI is InChI=1S/C16H10N4S/c1-3-8-17-11(5-1)14-15(12-6-2-4-9-18-12)20-16-13(19-14)7-10-21-16/h1-10H. The highest BCUT2D eigenvalue weighted by atomic mass is 32.1. The summed E-state index contributed by atoms with van der Waals surface area (Å²) in [5.41, 5.74) is 4.03. The summed E-state index contributed by atoms with van der Waals surface area (Å²) < 4.78 is 0. The van der Waals surface area contributed by atoms with Crippen LogP contribution in [-0.4, -0.2) is 19.9 Å². The van der Waals surface area contributed by atoms with Gasteiger partial charge in [-0.3, -0.25) is 9.97 Å². The Hall–Kier alpha value is -2.66. The predicted molar refractivity (Wildman–Crippen MR) is 83.9 cm³/mol. The van der Waals surface area contributed by atoms with E-state index in [-0.39, 0.29) is 0 Å². The lowest BCUT2D eigenvalue weighted by Gasteiger charge is -2.07. The van der Waals surface area contributed by atoms with Gasteiger partial charge < -0.3 is 0 Å². The zero-order valence-corrected chi connectivity index (χ0v) is 11.8. The lowest BCUT2D eigenvalue weighted by molar-refractivity contribution is 1.21. The van der Waals surface area contributed by atoms with Gasteiger partial charge in [-0.1, -0.05) is 12.1 Å². The van der Waals surface area contributed by atoms with Gasteiger partial charge in [-0.25, -0.2) is 9.97 Å². The minimum absolute atomic E-state index is 0.764. The Balaban J connectivity index is 2.03. The Labute approximate surface area is 125 Å². The number of pyridine rings is 2. The van der Waals surface area contributed by atoms with Crippen molar-refractivity contribution in [1.29, 1.82) is 0 Å². The molecule has 0 aliphatic heterocycles. The molecule has 0 atom stereocenters. The first kappa shape index (κ1) is 12.1. The summed E-state index contributed by atoms with van der Waals surface area (Å²) >= 11 is 1.58. The molecule has 0 fully saturated rings. The van der Waals surface area contributed by atoms with E-state index in [1.54, 1.807) is 23.7 Å². The van der Waals surface area contributed by atoms with Gasteiger partial charge in [0.2, 0.25) is 0 Å². The van der Waals surface area contributed by atoms with Crippen LogP contribution in [0.25, 0.3) is 33.1 Å². The van der Waals surface area contributed by atoms with Crippen LogP contribution >= 0.6 is 11.3 Å². The third kappa shape index (κ3) is 2.17. The second kappa shape index (κ2) is 5.03. The normalized spacial score (nSPS) is 10.9. The minimum atomic E-state index is 0.764. The molecule has 5 heteroatoms. The molecule has 0 aliphatic rings. The molecule has 4 rings (SSSR count). The molecule has 100 valence electrons. The molecule has 0 spiro atoms. The van der Waals surface area contributed by atoms with E-state index in [9.17, 15) is 0 Å². The average molecular weight is 290 g/mol. The summed E-state index contributed by atoms with van der Waals surface area (Å²) in [4.78, 5) is 19.2. The average Bonchev–Trinajstić information content (AvgIpc) is 3.03. The van der Waals surface area contributed by atoms with E-state index >= 15 is 0 Å². The van der Waals surface area contributed by atoms with Gasteiger partial charge in [0.25, 0.3) is 0 Å². The quantitative estimate of drug-likeness (QED) is 0.563. The summed E-state index contributed by atoms with van der Waals surface area (Å²) in [7, 11) is 0. The van der Waals surface area contributed by atoms with Crippen LogP contribution in [0.3, 0.4) is 0 Å². The van der Waals surface area contributed by atoms with Gasteiger partial charge in [-0.2, -0.15) is 0 Å². The van der Waals surface area contributed by atoms with Crippen molar-refractivity contribution in [1.82, 2.24) is 19.9 Å². The molecular formula is C16H10N4S. The maximum Gasteiger partial charge on any atom is 0.142 e. The third-order valence-electron chi connectivity index (χ3n) is 3.11. The first-order valence-electron chi connectivity index (χ1n) is 6.50.